The molecular weight excluding hydrogens is 273 g/mol. The van der Waals surface area contributed by atoms with Gasteiger partial charge >= 0.3 is 0 Å². The third kappa shape index (κ3) is 2.10. The highest BCUT2D eigenvalue weighted by Gasteiger charge is 2.62. The summed E-state index contributed by atoms with van der Waals surface area (Å²) < 4.78 is 30.4. The van der Waals surface area contributed by atoms with Gasteiger partial charge in [0.25, 0.3) is 0 Å². The zero-order valence-electron chi connectivity index (χ0n) is 12.7. The SMILES string of the molecule is C=CC1(NS(=O)C(C)(C)C)[C@@H]2CC3C[C@H]1CC(F)(C3)C2. The van der Waals surface area contributed by atoms with E-state index in [9.17, 15) is 8.60 Å². The quantitative estimate of drug-likeness (QED) is 0.794. The fraction of sp³-hybridized carbons (Fsp3) is 0.875. The second kappa shape index (κ2) is 4.39. The van der Waals surface area contributed by atoms with Crippen molar-refractivity contribution >= 4 is 11.0 Å². The van der Waals surface area contributed by atoms with Gasteiger partial charge in [-0.1, -0.05) is 6.08 Å². The highest BCUT2D eigenvalue weighted by atomic mass is 32.2. The van der Waals surface area contributed by atoms with Crippen LogP contribution in [0.4, 0.5) is 4.39 Å². The molecule has 0 heterocycles. The van der Waals surface area contributed by atoms with Crippen molar-refractivity contribution in [3.05, 3.63) is 12.7 Å². The minimum Gasteiger partial charge on any atom is -0.244 e. The van der Waals surface area contributed by atoms with Crippen molar-refractivity contribution in [2.24, 2.45) is 17.8 Å². The van der Waals surface area contributed by atoms with Crippen molar-refractivity contribution in [2.45, 2.75) is 68.8 Å². The summed E-state index contributed by atoms with van der Waals surface area (Å²) in [6.07, 6.45) is 6.02. The van der Waals surface area contributed by atoms with Crippen molar-refractivity contribution in [3.63, 3.8) is 0 Å². The molecule has 4 saturated carbocycles. The molecule has 0 aromatic rings. The van der Waals surface area contributed by atoms with Gasteiger partial charge in [-0.2, -0.15) is 0 Å². The summed E-state index contributed by atoms with van der Waals surface area (Å²) in [5, 5.41) is 0. The predicted octanol–water partition coefficient (Wildman–Crippen LogP) is 3.51. The first-order valence-electron chi connectivity index (χ1n) is 7.71. The number of hydrogen-bond acceptors (Lipinski definition) is 1. The van der Waals surface area contributed by atoms with E-state index in [0.717, 1.165) is 19.3 Å². The molecule has 4 aliphatic rings. The molecule has 4 aliphatic carbocycles. The molecule has 114 valence electrons. The van der Waals surface area contributed by atoms with Gasteiger partial charge in [-0.05, 0) is 70.6 Å². The lowest BCUT2D eigenvalue weighted by Gasteiger charge is -2.62. The third-order valence-corrected chi connectivity index (χ3v) is 7.28. The van der Waals surface area contributed by atoms with Gasteiger partial charge in [0.15, 0.2) is 0 Å². The molecule has 0 amide bonds. The molecule has 0 spiro atoms. The Morgan fingerprint density at radius 2 is 1.80 bits per heavy atom. The smallest absolute Gasteiger partial charge is 0.112 e. The van der Waals surface area contributed by atoms with E-state index < -0.39 is 16.7 Å². The van der Waals surface area contributed by atoms with Gasteiger partial charge in [0.1, 0.15) is 5.67 Å². The first kappa shape index (κ1) is 14.7. The normalized spacial score (nSPS) is 48.3. The Bertz CT molecular complexity index is 440. The van der Waals surface area contributed by atoms with Crippen LogP contribution in [0.25, 0.3) is 0 Å². The van der Waals surface area contributed by atoms with Gasteiger partial charge in [0.05, 0.1) is 21.3 Å². The monoisotopic (exact) mass is 299 g/mol. The van der Waals surface area contributed by atoms with Gasteiger partial charge < -0.3 is 0 Å². The van der Waals surface area contributed by atoms with Crippen molar-refractivity contribution in [2.75, 3.05) is 0 Å². The lowest BCUT2D eigenvalue weighted by atomic mass is 9.48. The molecule has 2 nitrogen and oxygen atoms in total. The number of hydrogen-bond donors (Lipinski definition) is 1. The minimum atomic E-state index is -1.14. The lowest BCUT2D eigenvalue weighted by Crippen LogP contribution is -2.68. The van der Waals surface area contributed by atoms with E-state index in [1.54, 1.807) is 0 Å². The van der Waals surface area contributed by atoms with Crippen LogP contribution in [0.15, 0.2) is 12.7 Å². The molecule has 4 rings (SSSR count). The maximum atomic E-state index is 14.8. The summed E-state index contributed by atoms with van der Waals surface area (Å²) in [4.78, 5) is 0. The Hall–Kier alpha value is -0.220. The lowest BCUT2D eigenvalue weighted by molar-refractivity contribution is -0.111. The molecule has 1 N–H and O–H groups in total. The molecule has 0 aliphatic heterocycles. The molecule has 0 saturated heterocycles. The molecule has 6 atom stereocenters. The summed E-state index contributed by atoms with van der Waals surface area (Å²) in [6.45, 7) is 9.93. The summed E-state index contributed by atoms with van der Waals surface area (Å²) in [5.41, 5.74) is -1.29. The molecule has 4 unspecified atom stereocenters. The highest BCUT2D eigenvalue weighted by molar-refractivity contribution is 7.84. The van der Waals surface area contributed by atoms with Crippen LogP contribution >= 0.6 is 0 Å². The maximum Gasteiger partial charge on any atom is 0.112 e. The number of nitrogens with one attached hydrogen (secondary N) is 1. The first-order chi connectivity index (χ1) is 9.18. The van der Waals surface area contributed by atoms with Gasteiger partial charge in [0, 0.05) is 0 Å². The second-order valence-electron chi connectivity index (χ2n) is 8.11. The molecule has 4 fully saturated rings. The van der Waals surface area contributed by atoms with Crippen LogP contribution in [-0.2, 0) is 11.0 Å². The van der Waals surface area contributed by atoms with Crippen LogP contribution in [-0.4, -0.2) is 20.2 Å². The maximum absolute atomic E-state index is 14.8. The Kier molecular flexibility index (Phi) is 3.23. The van der Waals surface area contributed by atoms with Crippen LogP contribution in [0.1, 0.15) is 52.9 Å². The molecule has 0 aromatic carbocycles. The zero-order chi connectivity index (χ0) is 14.8. The van der Waals surface area contributed by atoms with Crippen molar-refractivity contribution in [1.82, 2.24) is 4.72 Å². The third-order valence-electron chi connectivity index (χ3n) is 5.63. The molecule has 4 heteroatoms. The number of alkyl halides is 1. The van der Waals surface area contributed by atoms with Crippen LogP contribution < -0.4 is 4.72 Å². The van der Waals surface area contributed by atoms with Crippen LogP contribution in [0.2, 0.25) is 0 Å². The highest BCUT2D eigenvalue weighted by Crippen LogP contribution is 2.61. The molecule has 20 heavy (non-hydrogen) atoms. The van der Waals surface area contributed by atoms with Crippen molar-refractivity contribution < 1.29 is 8.60 Å². The zero-order valence-corrected chi connectivity index (χ0v) is 13.6. The average molecular weight is 299 g/mol. The Morgan fingerprint density at radius 3 is 2.20 bits per heavy atom. The van der Waals surface area contributed by atoms with Gasteiger partial charge in [-0.25, -0.2) is 13.3 Å². The van der Waals surface area contributed by atoms with Crippen molar-refractivity contribution in [3.8, 4) is 0 Å². The number of halogens is 1. The Balaban J connectivity index is 1.90. The summed E-state index contributed by atoms with van der Waals surface area (Å²) in [7, 11) is -1.14. The molecule has 0 radical (unpaired) electrons. The largest absolute Gasteiger partial charge is 0.244 e. The van der Waals surface area contributed by atoms with E-state index in [1.807, 2.05) is 26.8 Å². The van der Waals surface area contributed by atoms with E-state index in [1.165, 1.54) is 0 Å². The fourth-order valence-electron chi connectivity index (χ4n) is 4.80. The summed E-state index contributed by atoms with van der Waals surface area (Å²) >= 11 is 0. The molecule has 4 bridgehead atoms. The van der Waals surface area contributed by atoms with Crippen molar-refractivity contribution in [1.29, 1.82) is 0 Å². The van der Waals surface area contributed by atoms with Gasteiger partial charge in [-0.15, -0.1) is 6.58 Å². The van der Waals surface area contributed by atoms with E-state index in [4.69, 9.17) is 0 Å². The standard InChI is InChI=1S/C16H26FNOS/c1-5-16(18-20(19)14(2,3)4)12-6-11-7-13(16)10-15(17,8-11)9-12/h5,11-13,18H,1,6-10H2,2-4H3/t11?,12-,13+,15?,16?,20?. The molecular formula is C16H26FNOS. The van der Waals surface area contributed by atoms with Crippen LogP contribution in [0, 0.1) is 17.8 Å². The topological polar surface area (TPSA) is 29.1 Å². The Morgan fingerprint density at radius 1 is 1.25 bits per heavy atom. The Labute approximate surface area is 124 Å². The number of rotatable bonds is 3. The molecule has 0 aromatic heterocycles. The average Bonchev–Trinajstić information content (AvgIpc) is 2.30. The van der Waals surface area contributed by atoms with E-state index >= 15 is 0 Å². The van der Waals surface area contributed by atoms with E-state index in [0.29, 0.717) is 18.8 Å². The van der Waals surface area contributed by atoms with E-state index in [2.05, 4.69) is 11.3 Å². The van der Waals surface area contributed by atoms with Gasteiger partial charge in [0.2, 0.25) is 0 Å². The minimum absolute atomic E-state index is 0.252. The van der Waals surface area contributed by atoms with Crippen LogP contribution in [0.3, 0.4) is 0 Å². The predicted molar refractivity (Wildman–Crippen MR) is 81.4 cm³/mol. The summed E-state index contributed by atoms with van der Waals surface area (Å²) in [6, 6.07) is 0. The summed E-state index contributed by atoms with van der Waals surface area (Å²) in [5.74, 6) is 1.03. The first-order valence-corrected chi connectivity index (χ1v) is 8.86. The fourth-order valence-corrected chi connectivity index (χ4v) is 5.85. The van der Waals surface area contributed by atoms with Crippen LogP contribution in [0.5, 0.6) is 0 Å². The van der Waals surface area contributed by atoms with E-state index in [-0.39, 0.29) is 22.1 Å². The van der Waals surface area contributed by atoms with Gasteiger partial charge in [-0.3, -0.25) is 0 Å². The second-order valence-corrected chi connectivity index (χ2v) is 10.1.